The van der Waals surface area contributed by atoms with Crippen LogP contribution in [0.4, 0.5) is 0 Å². The van der Waals surface area contributed by atoms with Gasteiger partial charge in [0.1, 0.15) is 0 Å². The zero-order valence-electron chi connectivity index (χ0n) is 11.6. The summed E-state index contributed by atoms with van der Waals surface area (Å²) in [5.74, 6) is 0.902. The van der Waals surface area contributed by atoms with E-state index in [9.17, 15) is 0 Å². The average molecular weight is 238 g/mol. The minimum Gasteiger partial charge on any atom is -0.314 e. The van der Waals surface area contributed by atoms with Crippen molar-refractivity contribution >= 4 is 0 Å². The van der Waals surface area contributed by atoms with Gasteiger partial charge in [-0.2, -0.15) is 0 Å². The van der Waals surface area contributed by atoms with Gasteiger partial charge in [0.15, 0.2) is 0 Å². The average Bonchev–Trinajstić information content (AvgIpc) is 2.38. The summed E-state index contributed by atoms with van der Waals surface area (Å²) in [4.78, 5) is 2.65. The second-order valence-electron chi connectivity index (χ2n) is 6.08. The van der Waals surface area contributed by atoms with Crippen molar-refractivity contribution < 1.29 is 0 Å². The summed E-state index contributed by atoms with van der Waals surface area (Å²) in [6.45, 7) is 7.65. The Balaban J connectivity index is 1.53. The topological polar surface area (TPSA) is 15.3 Å². The molecule has 0 aromatic rings. The maximum atomic E-state index is 3.78. The lowest BCUT2D eigenvalue weighted by atomic mass is 9.86. The molecule has 1 N–H and O–H groups in total. The minimum atomic E-state index is 0.810. The van der Waals surface area contributed by atoms with E-state index in [1.165, 1.54) is 77.5 Å². The molecule has 17 heavy (non-hydrogen) atoms. The van der Waals surface area contributed by atoms with E-state index in [2.05, 4.69) is 17.1 Å². The van der Waals surface area contributed by atoms with Gasteiger partial charge in [-0.25, -0.2) is 0 Å². The Morgan fingerprint density at radius 1 is 1.00 bits per heavy atom. The second kappa shape index (κ2) is 7.38. The van der Waals surface area contributed by atoms with Crippen molar-refractivity contribution in [2.45, 2.75) is 64.3 Å². The van der Waals surface area contributed by atoms with Crippen LogP contribution in [0.5, 0.6) is 0 Å². The van der Waals surface area contributed by atoms with Crippen molar-refractivity contribution in [3.05, 3.63) is 0 Å². The Hall–Kier alpha value is -0.0800. The largest absolute Gasteiger partial charge is 0.314 e. The van der Waals surface area contributed by atoms with E-state index in [1.807, 2.05) is 0 Å². The van der Waals surface area contributed by atoms with Crippen LogP contribution in [0, 0.1) is 5.92 Å². The second-order valence-corrected chi connectivity index (χ2v) is 6.08. The first-order valence-electron chi connectivity index (χ1n) is 7.82. The third kappa shape index (κ3) is 4.59. The first-order valence-corrected chi connectivity index (χ1v) is 7.82. The molecule has 2 heteroatoms. The predicted molar refractivity (Wildman–Crippen MR) is 74.3 cm³/mol. The molecule has 0 amide bonds. The fraction of sp³-hybridized carbons (Fsp3) is 1.00. The number of rotatable bonds is 5. The summed E-state index contributed by atoms with van der Waals surface area (Å²) in [5.41, 5.74) is 0. The van der Waals surface area contributed by atoms with Crippen molar-refractivity contribution in [1.29, 1.82) is 0 Å². The first-order chi connectivity index (χ1) is 8.36. The van der Waals surface area contributed by atoms with Gasteiger partial charge in [-0.3, -0.25) is 0 Å². The summed E-state index contributed by atoms with van der Waals surface area (Å²) in [6.07, 6.45) is 11.4. The van der Waals surface area contributed by atoms with Crippen molar-refractivity contribution in [3.8, 4) is 0 Å². The molecule has 0 spiro atoms. The van der Waals surface area contributed by atoms with E-state index < -0.39 is 0 Å². The van der Waals surface area contributed by atoms with Crippen LogP contribution >= 0.6 is 0 Å². The maximum Gasteiger partial charge on any atom is 0.00926 e. The highest BCUT2D eigenvalue weighted by molar-refractivity contribution is 4.78. The van der Waals surface area contributed by atoms with Crippen LogP contribution in [0.3, 0.4) is 0 Å². The molecule has 2 rings (SSSR count). The molecule has 100 valence electrons. The van der Waals surface area contributed by atoms with Gasteiger partial charge in [-0.1, -0.05) is 26.2 Å². The van der Waals surface area contributed by atoms with Crippen molar-refractivity contribution in [3.63, 3.8) is 0 Å². The summed E-state index contributed by atoms with van der Waals surface area (Å²) >= 11 is 0. The lowest BCUT2D eigenvalue weighted by Crippen LogP contribution is -2.39. The third-order valence-corrected chi connectivity index (χ3v) is 4.62. The number of hydrogen-bond acceptors (Lipinski definition) is 2. The lowest BCUT2D eigenvalue weighted by molar-refractivity contribution is 0.219. The molecule has 1 saturated heterocycles. The van der Waals surface area contributed by atoms with E-state index in [0.29, 0.717) is 0 Å². The highest BCUT2D eigenvalue weighted by Gasteiger charge is 2.20. The number of piperidine rings is 1. The van der Waals surface area contributed by atoms with Gasteiger partial charge >= 0.3 is 0 Å². The van der Waals surface area contributed by atoms with Crippen molar-refractivity contribution in [2.75, 3.05) is 26.2 Å². The molecule has 1 aliphatic carbocycles. The fourth-order valence-electron chi connectivity index (χ4n) is 3.39. The Labute approximate surface area is 107 Å². The summed E-state index contributed by atoms with van der Waals surface area (Å²) in [7, 11) is 0. The standard InChI is InChI=1S/C15H30N2/c1-14-8-3-4-9-15(14)16-10-7-13-17-11-5-2-6-12-17/h14-16H,2-13H2,1H3. The molecule has 2 aliphatic rings. The third-order valence-electron chi connectivity index (χ3n) is 4.62. The molecule has 2 fully saturated rings. The molecule has 0 aromatic carbocycles. The number of nitrogens with one attached hydrogen (secondary N) is 1. The first kappa shape index (κ1) is 13.4. The molecular weight excluding hydrogens is 208 g/mol. The number of likely N-dealkylation sites (tertiary alicyclic amines) is 1. The van der Waals surface area contributed by atoms with Crippen LogP contribution < -0.4 is 5.32 Å². The molecule has 2 atom stereocenters. The Morgan fingerprint density at radius 3 is 2.53 bits per heavy atom. The van der Waals surface area contributed by atoms with Gasteiger partial charge in [-0.15, -0.1) is 0 Å². The molecule has 0 aromatic heterocycles. The lowest BCUT2D eigenvalue weighted by Gasteiger charge is -2.30. The van der Waals surface area contributed by atoms with Crippen LogP contribution in [0.15, 0.2) is 0 Å². The Morgan fingerprint density at radius 2 is 1.76 bits per heavy atom. The monoisotopic (exact) mass is 238 g/mol. The molecule has 1 saturated carbocycles. The van der Waals surface area contributed by atoms with Crippen LogP contribution in [-0.2, 0) is 0 Å². The molecule has 1 aliphatic heterocycles. The number of hydrogen-bond donors (Lipinski definition) is 1. The molecule has 2 unspecified atom stereocenters. The zero-order chi connectivity index (χ0) is 11.9. The molecule has 2 nitrogen and oxygen atoms in total. The molecular formula is C15H30N2. The van der Waals surface area contributed by atoms with Crippen LogP contribution in [-0.4, -0.2) is 37.1 Å². The SMILES string of the molecule is CC1CCCCC1NCCCN1CCCCC1. The van der Waals surface area contributed by atoms with Crippen LogP contribution in [0.2, 0.25) is 0 Å². The van der Waals surface area contributed by atoms with E-state index in [1.54, 1.807) is 0 Å². The molecule has 1 heterocycles. The quantitative estimate of drug-likeness (QED) is 0.741. The smallest absolute Gasteiger partial charge is 0.00926 e. The highest BCUT2D eigenvalue weighted by atomic mass is 15.1. The van der Waals surface area contributed by atoms with Crippen LogP contribution in [0.1, 0.15) is 58.3 Å². The maximum absolute atomic E-state index is 3.78. The van der Waals surface area contributed by atoms with Gasteiger partial charge < -0.3 is 10.2 Å². The van der Waals surface area contributed by atoms with E-state index in [-0.39, 0.29) is 0 Å². The Kier molecular flexibility index (Phi) is 5.79. The highest BCUT2D eigenvalue weighted by Crippen LogP contribution is 2.23. The van der Waals surface area contributed by atoms with Crippen LogP contribution in [0.25, 0.3) is 0 Å². The van der Waals surface area contributed by atoms with Gasteiger partial charge in [0.25, 0.3) is 0 Å². The molecule has 0 radical (unpaired) electrons. The van der Waals surface area contributed by atoms with Gasteiger partial charge in [0.2, 0.25) is 0 Å². The fourth-order valence-corrected chi connectivity index (χ4v) is 3.39. The van der Waals surface area contributed by atoms with Crippen molar-refractivity contribution in [2.24, 2.45) is 5.92 Å². The summed E-state index contributed by atoms with van der Waals surface area (Å²) < 4.78 is 0. The summed E-state index contributed by atoms with van der Waals surface area (Å²) in [6, 6.07) is 0.810. The molecule has 0 bridgehead atoms. The van der Waals surface area contributed by atoms with E-state index >= 15 is 0 Å². The van der Waals surface area contributed by atoms with Gasteiger partial charge in [-0.05, 0) is 64.2 Å². The van der Waals surface area contributed by atoms with Gasteiger partial charge in [0.05, 0.1) is 0 Å². The predicted octanol–water partition coefficient (Wildman–Crippen LogP) is 3.03. The summed E-state index contributed by atoms with van der Waals surface area (Å²) in [5, 5.41) is 3.78. The number of nitrogens with zero attached hydrogens (tertiary/aromatic N) is 1. The normalized spacial score (nSPS) is 31.6. The van der Waals surface area contributed by atoms with Crippen molar-refractivity contribution in [1.82, 2.24) is 10.2 Å². The van der Waals surface area contributed by atoms with Gasteiger partial charge in [0, 0.05) is 6.04 Å². The minimum absolute atomic E-state index is 0.810. The van der Waals surface area contributed by atoms with E-state index in [0.717, 1.165) is 12.0 Å². The van der Waals surface area contributed by atoms with E-state index in [4.69, 9.17) is 0 Å². The zero-order valence-corrected chi connectivity index (χ0v) is 11.6. The Bertz CT molecular complexity index is 199.